The van der Waals surface area contributed by atoms with Crippen molar-refractivity contribution in [2.45, 2.75) is 20.4 Å². The maximum Gasteiger partial charge on any atom is 0.312 e. The SMILES string of the molecule is Cc1nn(CCNC(=O)c2ccc(F)cc2)c(C)c1[N+](=O)[O-]. The van der Waals surface area contributed by atoms with E-state index < -0.39 is 10.7 Å². The number of benzene rings is 1. The average molecular weight is 306 g/mol. The van der Waals surface area contributed by atoms with Crippen LogP contribution in [0.3, 0.4) is 0 Å². The molecule has 7 nitrogen and oxygen atoms in total. The molecule has 0 radical (unpaired) electrons. The third-order valence-corrected chi connectivity index (χ3v) is 3.24. The molecule has 0 atom stereocenters. The van der Waals surface area contributed by atoms with Crippen LogP contribution < -0.4 is 5.32 Å². The molecule has 8 heteroatoms. The third-order valence-electron chi connectivity index (χ3n) is 3.24. The van der Waals surface area contributed by atoms with Crippen LogP contribution in [0.5, 0.6) is 0 Å². The summed E-state index contributed by atoms with van der Waals surface area (Å²) in [5, 5.41) is 17.6. The van der Waals surface area contributed by atoms with Gasteiger partial charge in [-0.05, 0) is 38.1 Å². The number of aryl methyl sites for hydroxylation is 1. The van der Waals surface area contributed by atoms with Crippen molar-refractivity contribution < 1.29 is 14.1 Å². The van der Waals surface area contributed by atoms with Crippen molar-refractivity contribution in [1.82, 2.24) is 15.1 Å². The number of amides is 1. The second-order valence-corrected chi connectivity index (χ2v) is 4.76. The summed E-state index contributed by atoms with van der Waals surface area (Å²) in [6.07, 6.45) is 0. The monoisotopic (exact) mass is 306 g/mol. The zero-order valence-electron chi connectivity index (χ0n) is 12.2. The number of nitrogens with zero attached hydrogens (tertiary/aromatic N) is 3. The maximum absolute atomic E-state index is 12.8. The predicted molar refractivity (Wildman–Crippen MR) is 77.1 cm³/mol. The number of rotatable bonds is 5. The van der Waals surface area contributed by atoms with E-state index in [-0.39, 0.29) is 18.1 Å². The number of carbonyl (C=O) groups excluding carboxylic acids is 1. The molecule has 2 rings (SSSR count). The van der Waals surface area contributed by atoms with Crippen molar-refractivity contribution in [3.63, 3.8) is 0 Å². The Kier molecular flexibility index (Phi) is 4.50. The van der Waals surface area contributed by atoms with E-state index in [1.165, 1.54) is 28.9 Å². The molecule has 0 aliphatic carbocycles. The Hall–Kier alpha value is -2.77. The van der Waals surface area contributed by atoms with E-state index in [9.17, 15) is 19.3 Å². The molecule has 0 unspecified atom stereocenters. The first-order valence-corrected chi connectivity index (χ1v) is 6.62. The highest BCUT2D eigenvalue weighted by molar-refractivity contribution is 5.94. The first-order chi connectivity index (χ1) is 10.4. The first kappa shape index (κ1) is 15.6. The third kappa shape index (κ3) is 3.27. The van der Waals surface area contributed by atoms with Gasteiger partial charge in [-0.25, -0.2) is 4.39 Å². The van der Waals surface area contributed by atoms with Gasteiger partial charge in [0.25, 0.3) is 5.91 Å². The van der Waals surface area contributed by atoms with Gasteiger partial charge in [-0.2, -0.15) is 5.10 Å². The van der Waals surface area contributed by atoms with E-state index in [1.54, 1.807) is 13.8 Å². The molecule has 0 spiro atoms. The summed E-state index contributed by atoms with van der Waals surface area (Å²) in [6, 6.07) is 5.19. The predicted octanol–water partition coefficient (Wildman–Crippen LogP) is 1.98. The van der Waals surface area contributed by atoms with Crippen LogP contribution in [0, 0.1) is 29.8 Å². The normalized spacial score (nSPS) is 10.5. The van der Waals surface area contributed by atoms with Crippen LogP contribution in [0.25, 0.3) is 0 Å². The van der Waals surface area contributed by atoms with Crippen molar-refractivity contribution in [3.8, 4) is 0 Å². The second kappa shape index (κ2) is 6.33. The Bertz CT molecular complexity index is 710. The molecule has 2 aromatic rings. The molecule has 22 heavy (non-hydrogen) atoms. The summed E-state index contributed by atoms with van der Waals surface area (Å²) in [4.78, 5) is 22.3. The van der Waals surface area contributed by atoms with Crippen LogP contribution in [0.15, 0.2) is 24.3 Å². The van der Waals surface area contributed by atoms with Crippen molar-refractivity contribution >= 4 is 11.6 Å². The molecule has 0 saturated heterocycles. The molecule has 0 aliphatic rings. The smallest absolute Gasteiger partial charge is 0.312 e. The number of nitrogens with one attached hydrogen (secondary N) is 1. The minimum absolute atomic E-state index is 0.00939. The van der Waals surface area contributed by atoms with E-state index in [4.69, 9.17) is 0 Å². The summed E-state index contributed by atoms with van der Waals surface area (Å²) >= 11 is 0. The fourth-order valence-corrected chi connectivity index (χ4v) is 2.15. The fraction of sp³-hybridized carbons (Fsp3) is 0.286. The lowest BCUT2D eigenvalue weighted by Gasteiger charge is -2.06. The van der Waals surface area contributed by atoms with E-state index in [2.05, 4.69) is 10.4 Å². The number of halogens is 1. The van der Waals surface area contributed by atoms with E-state index in [1.807, 2.05) is 0 Å². The van der Waals surface area contributed by atoms with E-state index in [0.717, 1.165) is 0 Å². The zero-order chi connectivity index (χ0) is 16.3. The highest BCUT2D eigenvalue weighted by Gasteiger charge is 2.21. The summed E-state index contributed by atoms with van der Waals surface area (Å²) in [5.41, 5.74) is 1.12. The molecular formula is C14H15FN4O3. The minimum atomic E-state index is -0.467. The van der Waals surface area contributed by atoms with E-state index in [0.29, 0.717) is 23.5 Å². The lowest BCUT2D eigenvalue weighted by molar-refractivity contribution is -0.386. The van der Waals surface area contributed by atoms with Gasteiger partial charge in [0.1, 0.15) is 17.2 Å². The minimum Gasteiger partial charge on any atom is -0.350 e. The van der Waals surface area contributed by atoms with Crippen molar-refractivity contribution in [2.24, 2.45) is 0 Å². The van der Waals surface area contributed by atoms with Gasteiger partial charge in [-0.3, -0.25) is 19.6 Å². The molecule has 1 heterocycles. The average Bonchev–Trinajstić information content (AvgIpc) is 2.74. The van der Waals surface area contributed by atoms with Gasteiger partial charge >= 0.3 is 5.69 Å². The number of nitro groups is 1. The van der Waals surface area contributed by atoms with Gasteiger partial charge in [0.05, 0.1) is 11.5 Å². The van der Waals surface area contributed by atoms with Gasteiger partial charge in [-0.15, -0.1) is 0 Å². The highest BCUT2D eigenvalue weighted by atomic mass is 19.1. The van der Waals surface area contributed by atoms with E-state index >= 15 is 0 Å². The van der Waals surface area contributed by atoms with Gasteiger partial charge in [0.2, 0.25) is 0 Å². The van der Waals surface area contributed by atoms with Gasteiger partial charge in [-0.1, -0.05) is 0 Å². The second-order valence-electron chi connectivity index (χ2n) is 4.76. The van der Waals surface area contributed by atoms with Crippen molar-refractivity contribution in [1.29, 1.82) is 0 Å². The van der Waals surface area contributed by atoms with Gasteiger partial charge in [0, 0.05) is 12.1 Å². The van der Waals surface area contributed by atoms with Gasteiger partial charge < -0.3 is 5.32 Å². The molecule has 1 aromatic carbocycles. The van der Waals surface area contributed by atoms with Crippen LogP contribution in [0.4, 0.5) is 10.1 Å². The molecule has 1 aromatic heterocycles. The Morgan fingerprint density at radius 2 is 2.00 bits per heavy atom. The summed E-state index contributed by atoms with van der Waals surface area (Å²) in [7, 11) is 0. The summed E-state index contributed by atoms with van der Waals surface area (Å²) < 4.78 is 14.3. The molecule has 0 bridgehead atoms. The highest BCUT2D eigenvalue weighted by Crippen LogP contribution is 2.21. The molecule has 1 N–H and O–H groups in total. The molecule has 0 saturated carbocycles. The quantitative estimate of drug-likeness (QED) is 0.675. The lowest BCUT2D eigenvalue weighted by Crippen LogP contribution is -2.27. The molecule has 1 amide bonds. The molecular weight excluding hydrogens is 291 g/mol. The molecule has 116 valence electrons. The van der Waals surface area contributed by atoms with Crippen LogP contribution in [-0.2, 0) is 6.54 Å². The van der Waals surface area contributed by atoms with Crippen LogP contribution >= 0.6 is 0 Å². The Labute approximate surface area is 125 Å². The van der Waals surface area contributed by atoms with Crippen molar-refractivity contribution in [3.05, 3.63) is 57.1 Å². The number of aromatic nitrogens is 2. The standard InChI is InChI=1S/C14H15FN4O3/c1-9-13(19(21)22)10(2)18(17-9)8-7-16-14(20)11-3-5-12(15)6-4-11/h3-6H,7-8H2,1-2H3,(H,16,20). The van der Waals surface area contributed by atoms with Crippen molar-refractivity contribution in [2.75, 3.05) is 6.54 Å². The lowest BCUT2D eigenvalue weighted by atomic mass is 10.2. The Balaban J connectivity index is 1.97. The van der Waals surface area contributed by atoms with Gasteiger partial charge in [0.15, 0.2) is 0 Å². The number of carbonyl (C=O) groups is 1. The van der Waals surface area contributed by atoms with Crippen LogP contribution in [0.2, 0.25) is 0 Å². The molecule has 0 aliphatic heterocycles. The number of hydrogen-bond donors (Lipinski definition) is 1. The maximum atomic E-state index is 12.8. The largest absolute Gasteiger partial charge is 0.350 e. The Morgan fingerprint density at radius 3 is 2.55 bits per heavy atom. The number of hydrogen-bond acceptors (Lipinski definition) is 4. The summed E-state index contributed by atoms with van der Waals surface area (Å²) in [5.74, 6) is -0.748. The zero-order valence-corrected chi connectivity index (χ0v) is 12.2. The first-order valence-electron chi connectivity index (χ1n) is 6.62. The molecule has 0 fully saturated rings. The van der Waals surface area contributed by atoms with Crippen LogP contribution in [0.1, 0.15) is 21.7 Å². The fourth-order valence-electron chi connectivity index (χ4n) is 2.15. The Morgan fingerprint density at radius 1 is 1.36 bits per heavy atom. The van der Waals surface area contributed by atoms with Crippen LogP contribution in [-0.4, -0.2) is 27.2 Å². The summed E-state index contributed by atoms with van der Waals surface area (Å²) in [6.45, 7) is 3.75. The topological polar surface area (TPSA) is 90.1 Å².